The number of sulfonamides is 1. The molecule has 1 aromatic rings. The maximum absolute atomic E-state index is 12.9. The van der Waals surface area contributed by atoms with Gasteiger partial charge in [-0.1, -0.05) is 12.1 Å². The zero-order valence-corrected chi connectivity index (χ0v) is 16.7. The molecule has 0 aliphatic carbocycles. The highest BCUT2D eigenvalue weighted by Crippen LogP contribution is 2.34. The second-order valence-electron chi connectivity index (χ2n) is 6.54. The van der Waals surface area contributed by atoms with Gasteiger partial charge in [-0.2, -0.15) is 17.5 Å². The highest BCUT2D eigenvalue weighted by atomic mass is 32.2. The quantitative estimate of drug-likeness (QED) is 0.648. The number of aliphatic hydroxyl groups is 1. The number of nitrogens with zero attached hydrogens (tertiary/aromatic N) is 1. The Labute approximate surface area is 162 Å². The topological polar surface area (TPSA) is 101 Å². The Morgan fingerprint density at radius 2 is 1.96 bits per heavy atom. The van der Waals surface area contributed by atoms with Gasteiger partial charge in [0.25, 0.3) is 0 Å². The van der Waals surface area contributed by atoms with Gasteiger partial charge in [-0.15, -0.1) is 0 Å². The third-order valence-electron chi connectivity index (χ3n) is 4.44. The van der Waals surface area contributed by atoms with Gasteiger partial charge in [-0.3, -0.25) is 0 Å². The van der Waals surface area contributed by atoms with Gasteiger partial charge in [0.05, 0.1) is 29.0 Å². The van der Waals surface area contributed by atoms with Crippen LogP contribution < -0.4 is 0 Å². The fourth-order valence-corrected chi connectivity index (χ4v) is 6.09. The number of aliphatic hydroxyl groups excluding tert-OH is 1. The Balaban J connectivity index is 2.29. The zero-order valence-electron chi connectivity index (χ0n) is 15.1. The second-order valence-corrected chi connectivity index (χ2v) is 10.6. The third-order valence-corrected chi connectivity index (χ3v) is 7.92. The van der Waals surface area contributed by atoms with E-state index in [0.29, 0.717) is 4.31 Å². The van der Waals surface area contributed by atoms with Crippen LogP contribution >= 0.6 is 0 Å². The molecule has 0 spiro atoms. The molecular formula is C16H22F3NO6S2. The van der Waals surface area contributed by atoms with Crippen molar-refractivity contribution in [2.45, 2.75) is 41.8 Å². The van der Waals surface area contributed by atoms with Gasteiger partial charge >= 0.3 is 6.18 Å². The molecule has 1 aliphatic heterocycles. The van der Waals surface area contributed by atoms with Gasteiger partial charge < -0.3 is 9.84 Å². The van der Waals surface area contributed by atoms with Gasteiger partial charge in [0.2, 0.25) is 10.0 Å². The summed E-state index contributed by atoms with van der Waals surface area (Å²) in [7, 11) is -6.53. The van der Waals surface area contributed by atoms with Gasteiger partial charge in [-0.25, -0.2) is 16.8 Å². The number of alkyl halides is 3. The second kappa shape index (κ2) is 8.66. The fraction of sp³-hybridized carbons (Fsp3) is 0.625. The molecule has 0 radical (unpaired) electrons. The molecule has 1 saturated heterocycles. The number of benzene rings is 1. The first-order valence-corrected chi connectivity index (χ1v) is 11.7. The lowest BCUT2D eigenvalue weighted by Gasteiger charge is -2.29. The highest BCUT2D eigenvalue weighted by Gasteiger charge is 2.50. The molecule has 0 amide bonds. The number of hydrogen-bond acceptors (Lipinski definition) is 6. The SMILES string of the molecule is COCCS(=O)(=O)Cc1cccc(S(=O)(=O)N2CCCC2C(O)C(F)(F)F)c1. The Bertz CT molecular complexity index is 886. The first-order chi connectivity index (χ1) is 12.9. The van der Waals surface area contributed by atoms with E-state index in [4.69, 9.17) is 4.74 Å². The van der Waals surface area contributed by atoms with Crippen LogP contribution in [0.3, 0.4) is 0 Å². The predicted octanol–water partition coefficient (Wildman–Crippen LogP) is 1.32. The molecule has 28 heavy (non-hydrogen) atoms. The van der Waals surface area contributed by atoms with Gasteiger partial charge in [-0.05, 0) is 30.5 Å². The average molecular weight is 445 g/mol. The minimum Gasteiger partial charge on any atom is -0.384 e. The minimum atomic E-state index is -4.94. The van der Waals surface area contributed by atoms with E-state index in [9.17, 15) is 35.1 Å². The predicted molar refractivity (Wildman–Crippen MR) is 94.8 cm³/mol. The number of halogens is 3. The van der Waals surface area contributed by atoms with Crippen molar-refractivity contribution in [2.24, 2.45) is 0 Å². The first kappa shape index (κ1) is 23.1. The molecule has 160 valence electrons. The number of hydrogen-bond donors (Lipinski definition) is 1. The summed E-state index contributed by atoms with van der Waals surface area (Å²) >= 11 is 0. The Hall–Kier alpha value is -1.21. The van der Waals surface area contributed by atoms with E-state index in [2.05, 4.69) is 0 Å². The largest absolute Gasteiger partial charge is 0.415 e. The van der Waals surface area contributed by atoms with Crippen LogP contribution in [0, 0.1) is 0 Å². The molecule has 2 rings (SSSR count). The van der Waals surface area contributed by atoms with Crippen LogP contribution in [-0.4, -0.2) is 70.6 Å². The summed E-state index contributed by atoms with van der Waals surface area (Å²) in [6.07, 6.45) is -7.67. The Kier molecular flexibility index (Phi) is 7.13. The maximum atomic E-state index is 12.9. The van der Waals surface area contributed by atoms with Crippen molar-refractivity contribution >= 4 is 19.9 Å². The fourth-order valence-electron chi connectivity index (χ4n) is 3.07. The van der Waals surface area contributed by atoms with E-state index in [1.54, 1.807) is 0 Å². The molecule has 0 saturated carbocycles. The first-order valence-electron chi connectivity index (χ1n) is 8.43. The molecule has 0 aromatic heterocycles. The number of methoxy groups -OCH3 is 1. The lowest BCUT2D eigenvalue weighted by atomic mass is 10.1. The molecule has 0 bridgehead atoms. The lowest BCUT2D eigenvalue weighted by Crippen LogP contribution is -2.48. The molecule has 2 unspecified atom stereocenters. The molecule has 12 heteroatoms. The van der Waals surface area contributed by atoms with Crippen LogP contribution in [0.5, 0.6) is 0 Å². The molecular weight excluding hydrogens is 423 g/mol. The van der Waals surface area contributed by atoms with Gasteiger partial charge in [0.1, 0.15) is 0 Å². The van der Waals surface area contributed by atoms with E-state index in [1.165, 1.54) is 25.3 Å². The monoisotopic (exact) mass is 445 g/mol. The van der Waals surface area contributed by atoms with Crippen molar-refractivity contribution in [1.29, 1.82) is 0 Å². The molecule has 1 aromatic carbocycles. The van der Waals surface area contributed by atoms with Crippen molar-refractivity contribution in [1.82, 2.24) is 4.31 Å². The summed E-state index contributed by atoms with van der Waals surface area (Å²) in [6.45, 7) is -0.165. The highest BCUT2D eigenvalue weighted by molar-refractivity contribution is 7.90. The summed E-state index contributed by atoms with van der Waals surface area (Å²) < 4.78 is 93.7. The van der Waals surface area contributed by atoms with Gasteiger partial charge in [0.15, 0.2) is 15.9 Å². The zero-order chi connectivity index (χ0) is 21.2. The molecule has 2 atom stereocenters. The lowest BCUT2D eigenvalue weighted by molar-refractivity contribution is -0.215. The van der Waals surface area contributed by atoms with E-state index < -0.39 is 43.9 Å². The van der Waals surface area contributed by atoms with E-state index in [1.807, 2.05) is 0 Å². The Morgan fingerprint density at radius 3 is 2.57 bits per heavy atom. The summed E-state index contributed by atoms with van der Waals surface area (Å²) in [4.78, 5) is -0.312. The van der Waals surface area contributed by atoms with E-state index >= 15 is 0 Å². The minimum absolute atomic E-state index is 0.00882. The molecule has 1 aliphatic rings. The number of ether oxygens (including phenoxy) is 1. The average Bonchev–Trinajstić information content (AvgIpc) is 3.08. The summed E-state index contributed by atoms with van der Waals surface area (Å²) in [5.41, 5.74) is 0.198. The van der Waals surface area contributed by atoms with Crippen molar-refractivity contribution in [2.75, 3.05) is 26.0 Å². The van der Waals surface area contributed by atoms with Crippen LogP contribution in [0.15, 0.2) is 29.2 Å². The third kappa shape index (κ3) is 5.44. The van der Waals surface area contributed by atoms with Crippen LogP contribution in [0.4, 0.5) is 13.2 Å². The van der Waals surface area contributed by atoms with Crippen molar-refractivity contribution in [3.8, 4) is 0 Å². The Morgan fingerprint density at radius 1 is 1.29 bits per heavy atom. The smallest absolute Gasteiger partial charge is 0.384 e. The number of rotatable bonds is 8. The van der Waals surface area contributed by atoms with Crippen molar-refractivity contribution < 1.29 is 39.9 Å². The molecule has 1 fully saturated rings. The van der Waals surface area contributed by atoms with Crippen LogP contribution in [0.2, 0.25) is 0 Å². The van der Waals surface area contributed by atoms with Crippen molar-refractivity contribution in [3.05, 3.63) is 29.8 Å². The van der Waals surface area contributed by atoms with Crippen LogP contribution in [-0.2, 0) is 30.4 Å². The van der Waals surface area contributed by atoms with Crippen LogP contribution in [0.25, 0.3) is 0 Å². The normalized spacial score (nSPS) is 20.4. The standard InChI is InChI=1S/C16H22F3NO6S2/c1-26-8-9-27(22,23)11-12-4-2-5-13(10-12)28(24,25)20-7-3-6-14(20)15(21)16(17,18)19/h2,4-5,10,14-15,21H,3,6-9,11H2,1H3. The summed E-state index contributed by atoms with van der Waals surface area (Å²) in [6, 6.07) is 3.47. The molecule has 1 heterocycles. The maximum Gasteiger partial charge on any atom is 0.415 e. The molecule has 1 N–H and O–H groups in total. The molecule has 7 nitrogen and oxygen atoms in total. The van der Waals surface area contributed by atoms with Gasteiger partial charge in [0, 0.05) is 13.7 Å². The summed E-state index contributed by atoms with van der Waals surface area (Å²) in [5.74, 6) is -0.666. The van der Waals surface area contributed by atoms with Crippen LogP contribution in [0.1, 0.15) is 18.4 Å². The number of sulfone groups is 1. The van der Waals surface area contributed by atoms with Crippen molar-refractivity contribution in [3.63, 3.8) is 0 Å². The van der Waals surface area contributed by atoms with E-state index in [0.717, 1.165) is 6.07 Å². The summed E-state index contributed by atoms with van der Waals surface area (Å²) in [5, 5.41) is 9.53. The van der Waals surface area contributed by atoms with E-state index in [-0.39, 0.29) is 42.2 Å².